The molecule has 0 saturated heterocycles. The third kappa shape index (κ3) is 7.03. The van der Waals surface area contributed by atoms with Gasteiger partial charge in [-0.15, -0.1) is 0 Å². The molecule has 0 saturated carbocycles. The average Bonchev–Trinajstić information content (AvgIpc) is 2.64. The minimum absolute atomic E-state index is 0.113. The van der Waals surface area contributed by atoms with Crippen molar-refractivity contribution in [3.8, 4) is 6.07 Å². The minimum Gasteiger partial charge on any atom is -0.454 e. The molecule has 0 fully saturated rings. The van der Waals surface area contributed by atoms with E-state index in [-0.39, 0.29) is 24.2 Å². The first kappa shape index (κ1) is 23.2. The molecule has 7 nitrogen and oxygen atoms in total. The lowest BCUT2D eigenvalue weighted by Crippen LogP contribution is -2.51. The van der Waals surface area contributed by atoms with E-state index < -0.39 is 30.1 Å². The van der Waals surface area contributed by atoms with Gasteiger partial charge < -0.3 is 15.4 Å². The van der Waals surface area contributed by atoms with Crippen LogP contribution in [0.1, 0.15) is 40.2 Å². The summed E-state index contributed by atoms with van der Waals surface area (Å²) in [5, 5.41) is 14.5. The van der Waals surface area contributed by atoms with Gasteiger partial charge in [-0.05, 0) is 24.3 Å². The summed E-state index contributed by atoms with van der Waals surface area (Å²) in [6.07, 6.45) is 0.146. The van der Waals surface area contributed by atoms with Crippen LogP contribution in [-0.4, -0.2) is 36.0 Å². The molecule has 0 heterocycles. The minimum atomic E-state index is -1.05. The number of nitrogens with one attached hydrogen (secondary N) is 2. The van der Waals surface area contributed by atoms with Crippen molar-refractivity contribution < 1.29 is 19.1 Å². The van der Waals surface area contributed by atoms with Crippen molar-refractivity contribution in [1.29, 1.82) is 5.26 Å². The van der Waals surface area contributed by atoms with E-state index in [0.29, 0.717) is 0 Å². The summed E-state index contributed by atoms with van der Waals surface area (Å²) in [6, 6.07) is 10.4. The molecular weight excluding hydrogens is 358 g/mol. The SMILES string of the molecule is CC(C)[C@H](NC(=O)Cc1ccccc1)C(=O)OCC(=O)N[C@@](C)(C#N)C(C)C. The summed E-state index contributed by atoms with van der Waals surface area (Å²) in [5.41, 5.74) is -0.218. The lowest BCUT2D eigenvalue weighted by molar-refractivity contribution is -0.153. The van der Waals surface area contributed by atoms with Crippen LogP contribution in [0.25, 0.3) is 0 Å². The fraction of sp³-hybridized carbons (Fsp3) is 0.524. The number of nitrogens with zero attached hydrogens (tertiary/aromatic N) is 1. The Kier molecular flexibility index (Phi) is 8.65. The first-order valence-electron chi connectivity index (χ1n) is 9.31. The first-order chi connectivity index (χ1) is 13.1. The van der Waals surface area contributed by atoms with Gasteiger partial charge >= 0.3 is 5.97 Å². The number of carbonyl (C=O) groups is 3. The van der Waals surface area contributed by atoms with Crippen LogP contribution in [0, 0.1) is 23.2 Å². The molecule has 0 bridgehead atoms. The summed E-state index contributed by atoms with van der Waals surface area (Å²) >= 11 is 0. The maximum absolute atomic E-state index is 12.4. The summed E-state index contributed by atoms with van der Waals surface area (Å²) in [6.45, 7) is 8.28. The number of nitriles is 1. The smallest absolute Gasteiger partial charge is 0.329 e. The Morgan fingerprint density at radius 1 is 1.11 bits per heavy atom. The van der Waals surface area contributed by atoms with E-state index in [1.807, 2.05) is 44.2 Å². The lowest BCUT2D eigenvalue weighted by atomic mass is 9.90. The molecule has 0 aliphatic heterocycles. The highest BCUT2D eigenvalue weighted by Crippen LogP contribution is 2.15. The Hall–Kier alpha value is -2.88. The number of ether oxygens (including phenoxy) is 1. The highest BCUT2D eigenvalue weighted by atomic mass is 16.5. The second-order valence-corrected chi connectivity index (χ2v) is 7.58. The van der Waals surface area contributed by atoms with E-state index >= 15 is 0 Å². The van der Waals surface area contributed by atoms with Crippen LogP contribution in [0.4, 0.5) is 0 Å². The predicted octanol–water partition coefficient (Wildman–Crippen LogP) is 1.97. The van der Waals surface area contributed by atoms with Crippen LogP contribution in [0.15, 0.2) is 30.3 Å². The van der Waals surface area contributed by atoms with E-state index in [1.165, 1.54) is 0 Å². The third-order valence-corrected chi connectivity index (χ3v) is 4.58. The van der Waals surface area contributed by atoms with E-state index in [2.05, 4.69) is 16.7 Å². The number of rotatable bonds is 9. The second kappa shape index (κ2) is 10.5. The third-order valence-electron chi connectivity index (χ3n) is 4.58. The van der Waals surface area contributed by atoms with Gasteiger partial charge in [0.2, 0.25) is 5.91 Å². The maximum atomic E-state index is 12.4. The first-order valence-corrected chi connectivity index (χ1v) is 9.31. The Bertz CT molecular complexity index is 725. The van der Waals surface area contributed by atoms with E-state index in [9.17, 15) is 19.6 Å². The number of hydrogen-bond donors (Lipinski definition) is 2. The van der Waals surface area contributed by atoms with Gasteiger partial charge in [-0.25, -0.2) is 4.79 Å². The number of benzene rings is 1. The van der Waals surface area contributed by atoms with Gasteiger partial charge in [0.1, 0.15) is 11.6 Å². The normalized spacial score (nSPS) is 13.9. The van der Waals surface area contributed by atoms with Crippen molar-refractivity contribution >= 4 is 17.8 Å². The van der Waals surface area contributed by atoms with Gasteiger partial charge in [-0.3, -0.25) is 9.59 Å². The van der Waals surface area contributed by atoms with Crippen molar-refractivity contribution in [2.24, 2.45) is 11.8 Å². The molecule has 2 amide bonds. The van der Waals surface area contributed by atoms with Gasteiger partial charge in [0.05, 0.1) is 12.5 Å². The van der Waals surface area contributed by atoms with Gasteiger partial charge in [0.15, 0.2) is 6.61 Å². The van der Waals surface area contributed by atoms with Crippen LogP contribution in [0.5, 0.6) is 0 Å². The fourth-order valence-electron chi connectivity index (χ4n) is 2.36. The van der Waals surface area contributed by atoms with Gasteiger partial charge in [-0.1, -0.05) is 58.0 Å². The molecular formula is C21H29N3O4. The fourth-order valence-corrected chi connectivity index (χ4v) is 2.36. The molecule has 152 valence electrons. The van der Waals surface area contributed by atoms with Gasteiger partial charge in [-0.2, -0.15) is 5.26 Å². The summed E-state index contributed by atoms with van der Waals surface area (Å²) in [7, 11) is 0. The molecule has 1 aromatic rings. The molecule has 0 radical (unpaired) electrons. The zero-order valence-corrected chi connectivity index (χ0v) is 17.1. The highest BCUT2D eigenvalue weighted by Gasteiger charge is 2.31. The quantitative estimate of drug-likeness (QED) is 0.630. The Labute approximate surface area is 166 Å². The van der Waals surface area contributed by atoms with Crippen molar-refractivity contribution in [2.45, 2.75) is 52.6 Å². The second-order valence-electron chi connectivity index (χ2n) is 7.58. The Morgan fingerprint density at radius 3 is 2.21 bits per heavy atom. The zero-order chi connectivity index (χ0) is 21.3. The summed E-state index contributed by atoms with van der Waals surface area (Å²) in [4.78, 5) is 36.7. The average molecular weight is 387 g/mol. The molecule has 0 unspecified atom stereocenters. The Balaban J connectivity index is 2.62. The van der Waals surface area contributed by atoms with Crippen molar-refractivity contribution in [3.63, 3.8) is 0 Å². The van der Waals surface area contributed by atoms with E-state index in [0.717, 1.165) is 5.56 Å². The standard InChI is InChI=1S/C21H29N3O4/c1-14(2)19(23-17(25)11-16-9-7-6-8-10-16)20(27)28-12-18(26)24-21(5,13-22)15(3)4/h6-10,14-15,19H,11-12H2,1-5H3,(H,23,25)(H,24,26)/t19-,21-/m0/s1. The van der Waals surface area contributed by atoms with E-state index in [4.69, 9.17) is 4.74 Å². The number of carbonyl (C=O) groups excluding carboxylic acids is 3. The summed E-state index contributed by atoms with van der Waals surface area (Å²) in [5.74, 6) is -1.88. The van der Waals surface area contributed by atoms with Crippen molar-refractivity contribution in [3.05, 3.63) is 35.9 Å². The number of esters is 1. The lowest BCUT2D eigenvalue weighted by Gasteiger charge is -2.27. The van der Waals surface area contributed by atoms with Crippen LogP contribution >= 0.6 is 0 Å². The maximum Gasteiger partial charge on any atom is 0.329 e. The van der Waals surface area contributed by atoms with Crippen LogP contribution in [0.3, 0.4) is 0 Å². The number of amides is 2. The van der Waals surface area contributed by atoms with Crippen LogP contribution in [-0.2, 0) is 25.5 Å². The van der Waals surface area contributed by atoms with Crippen molar-refractivity contribution in [2.75, 3.05) is 6.61 Å². The highest BCUT2D eigenvalue weighted by molar-refractivity contribution is 5.87. The van der Waals surface area contributed by atoms with E-state index in [1.54, 1.807) is 20.8 Å². The van der Waals surface area contributed by atoms with Gasteiger partial charge in [0, 0.05) is 0 Å². The van der Waals surface area contributed by atoms with Crippen molar-refractivity contribution in [1.82, 2.24) is 10.6 Å². The predicted molar refractivity (Wildman–Crippen MR) is 105 cm³/mol. The molecule has 1 aromatic carbocycles. The monoisotopic (exact) mass is 387 g/mol. The topological polar surface area (TPSA) is 108 Å². The molecule has 28 heavy (non-hydrogen) atoms. The molecule has 2 N–H and O–H groups in total. The van der Waals surface area contributed by atoms with Crippen LogP contribution < -0.4 is 10.6 Å². The molecule has 0 aromatic heterocycles. The van der Waals surface area contributed by atoms with Gasteiger partial charge in [0.25, 0.3) is 5.91 Å². The largest absolute Gasteiger partial charge is 0.454 e. The summed E-state index contributed by atoms with van der Waals surface area (Å²) < 4.78 is 5.07. The molecule has 0 aliphatic carbocycles. The Morgan fingerprint density at radius 2 is 1.71 bits per heavy atom. The number of hydrogen-bond acceptors (Lipinski definition) is 5. The van der Waals surface area contributed by atoms with Crippen LogP contribution in [0.2, 0.25) is 0 Å². The molecule has 1 rings (SSSR count). The molecule has 0 spiro atoms. The molecule has 2 atom stereocenters. The zero-order valence-electron chi connectivity index (χ0n) is 17.1. The molecule has 7 heteroatoms. The molecule has 0 aliphatic rings.